The van der Waals surface area contributed by atoms with Gasteiger partial charge in [-0.2, -0.15) is 5.10 Å². The zero-order valence-electron chi connectivity index (χ0n) is 16.9. The van der Waals surface area contributed by atoms with E-state index in [0.29, 0.717) is 10.0 Å². The summed E-state index contributed by atoms with van der Waals surface area (Å²) >= 11 is 12.5. The number of fused-ring (bicyclic) bond motifs is 1. The van der Waals surface area contributed by atoms with Gasteiger partial charge in [0.2, 0.25) is 0 Å². The van der Waals surface area contributed by atoms with Crippen molar-refractivity contribution < 1.29 is 9.90 Å². The molecule has 0 bridgehead atoms. The molecular weight excluding hydrogens is 433 g/mol. The van der Waals surface area contributed by atoms with Gasteiger partial charge in [0.15, 0.2) is 0 Å². The fraction of sp³-hybridized carbons (Fsp3) is 0.0833. The average Bonchev–Trinajstić information content (AvgIpc) is 3.02. The molecule has 0 aliphatic carbocycles. The smallest absolute Gasteiger partial charge is 0.275 e. The maximum atomic E-state index is 12.5. The van der Waals surface area contributed by atoms with E-state index in [-0.39, 0.29) is 11.3 Å². The van der Waals surface area contributed by atoms with Gasteiger partial charge in [-0.25, -0.2) is 5.43 Å². The third-order valence-corrected chi connectivity index (χ3v) is 5.65. The van der Waals surface area contributed by atoms with Gasteiger partial charge in [-0.1, -0.05) is 47.5 Å². The van der Waals surface area contributed by atoms with Gasteiger partial charge < -0.3 is 9.67 Å². The summed E-state index contributed by atoms with van der Waals surface area (Å²) in [7, 11) is 0. The molecule has 0 aliphatic rings. The maximum Gasteiger partial charge on any atom is 0.275 e. The molecule has 4 aromatic rings. The number of benzene rings is 3. The number of nitrogens with one attached hydrogen (secondary N) is 1. The number of phenolic OH excluding ortho intramolecular Hbond substituents is 1. The number of rotatable bonds is 4. The molecule has 0 radical (unpaired) electrons. The van der Waals surface area contributed by atoms with Crippen LogP contribution < -0.4 is 5.43 Å². The Hall–Kier alpha value is -3.28. The van der Waals surface area contributed by atoms with Crippen LogP contribution in [0.5, 0.6) is 5.75 Å². The van der Waals surface area contributed by atoms with Gasteiger partial charge in [-0.3, -0.25) is 4.79 Å². The molecule has 1 amide bonds. The molecule has 0 unspecified atom stereocenters. The minimum atomic E-state index is -0.494. The Morgan fingerprint density at radius 3 is 2.48 bits per heavy atom. The number of halogens is 2. The highest BCUT2D eigenvalue weighted by atomic mass is 35.5. The normalized spacial score (nSPS) is 11.4. The van der Waals surface area contributed by atoms with Gasteiger partial charge in [0.1, 0.15) is 5.75 Å². The highest BCUT2D eigenvalue weighted by molar-refractivity contribution is 6.34. The highest BCUT2D eigenvalue weighted by Crippen LogP contribution is 2.29. The van der Waals surface area contributed by atoms with E-state index in [1.54, 1.807) is 36.5 Å². The molecule has 3 aromatic carbocycles. The molecule has 0 fully saturated rings. The van der Waals surface area contributed by atoms with Crippen LogP contribution in [0.2, 0.25) is 10.0 Å². The minimum Gasteiger partial charge on any atom is -0.507 e. The minimum absolute atomic E-state index is 0.0971. The van der Waals surface area contributed by atoms with Gasteiger partial charge >= 0.3 is 0 Å². The maximum absolute atomic E-state index is 12.5. The number of hydrogen-bond acceptors (Lipinski definition) is 3. The molecule has 5 nitrogen and oxygen atoms in total. The molecule has 31 heavy (non-hydrogen) atoms. The lowest BCUT2D eigenvalue weighted by Crippen LogP contribution is -2.17. The lowest BCUT2D eigenvalue weighted by Gasteiger charge is -2.12. The number of carbonyl (C=O) groups excluding carboxylic acids is 1. The van der Waals surface area contributed by atoms with Gasteiger partial charge in [-0.05, 0) is 61.0 Å². The van der Waals surface area contributed by atoms with Crippen molar-refractivity contribution in [2.24, 2.45) is 5.10 Å². The highest BCUT2D eigenvalue weighted by Gasteiger charge is 2.14. The van der Waals surface area contributed by atoms with Crippen LogP contribution in [0.15, 0.2) is 65.8 Å². The Labute approximate surface area is 189 Å². The number of aromatic hydroxyl groups is 1. The number of aryl methyl sites for hydroxylation is 1. The quantitative estimate of drug-likeness (QED) is 0.294. The van der Waals surface area contributed by atoms with Crippen LogP contribution in [0.4, 0.5) is 0 Å². The largest absolute Gasteiger partial charge is 0.507 e. The van der Waals surface area contributed by atoms with Gasteiger partial charge in [0, 0.05) is 22.0 Å². The van der Waals surface area contributed by atoms with Crippen molar-refractivity contribution in [2.45, 2.75) is 13.8 Å². The molecule has 1 heterocycles. The van der Waals surface area contributed by atoms with Crippen molar-refractivity contribution in [2.75, 3.05) is 0 Å². The summed E-state index contributed by atoms with van der Waals surface area (Å²) in [5, 5.41) is 17.2. The van der Waals surface area contributed by atoms with Crippen molar-refractivity contribution in [1.29, 1.82) is 0 Å². The Kier molecular flexibility index (Phi) is 5.72. The number of phenols is 1. The van der Waals surface area contributed by atoms with Crippen molar-refractivity contribution >= 4 is 46.1 Å². The Bertz CT molecular complexity index is 1340. The second kappa shape index (κ2) is 8.46. The Morgan fingerprint density at radius 1 is 1.03 bits per heavy atom. The molecule has 0 aliphatic heterocycles. The molecule has 2 N–H and O–H groups in total. The lowest BCUT2D eigenvalue weighted by molar-refractivity contribution is 0.0952. The lowest BCUT2D eigenvalue weighted by atomic mass is 10.1. The van der Waals surface area contributed by atoms with E-state index < -0.39 is 5.91 Å². The first-order valence-corrected chi connectivity index (χ1v) is 10.3. The first kappa shape index (κ1) is 21.0. The van der Waals surface area contributed by atoms with Crippen LogP contribution in [0.3, 0.4) is 0 Å². The molecule has 156 valence electrons. The fourth-order valence-electron chi connectivity index (χ4n) is 3.58. The van der Waals surface area contributed by atoms with E-state index in [9.17, 15) is 9.90 Å². The Balaban J connectivity index is 1.58. The third-order valence-electron chi connectivity index (χ3n) is 5.10. The predicted molar refractivity (Wildman–Crippen MR) is 126 cm³/mol. The number of hydrogen-bond donors (Lipinski definition) is 2. The molecule has 0 atom stereocenters. The summed E-state index contributed by atoms with van der Waals surface area (Å²) in [5.74, 6) is -0.591. The van der Waals surface area contributed by atoms with E-state index in [2.05, 4.69) is 10.5 Å². The third kappa shape index (κ3) is 4.15. The SMILES string of the molecule is Cc1cc(/C=N/NC(=O)c2cc3ccccc3cc2O)c(C)n1-c1cc(Cl)ccc1Cl. The topological polar surface area (TPSA) is 66.6 Å². The summed E-state index contributed by atoms with van der Waals surface area (Å²) in [6.07, 6.45) is 1.56. The standard InChI is InChI=1S/C24H19Cl2N3O2/c1-14-9-18(15(2)29(14)22-12-19(25)7-8-21(22)26)13-27-28-24(31)20-10-16-5-3-4-6-17(16)11-23(20)30/h3-13,30H,1-2H3,(H,28,31)/b27-13+. The number of nitrogens with zero attached hydrogens (tertiary/aromatic N) is 2. The number of aromatic nitrogens is 1. The molecule has 0 spiro atoms. The second-order valence-corrected chi connectivity index (χ2v) is 8.02. The van der Waals surface area contributed by atoms with Gasteiger partial charge in [0.05, 0.1) is 22.5 Å². The van der Waals surface area contributed by atoms with Crippen LogP contribution in [0, 0.1) is 13.8 Å². The average molecular weight is 452 g/mol. The fourth-order valence-corrected chi connectivity index (χ4v) is 3.95. The molecule has 1 aromatic heterocycles. The monoisotopic (exact) mass is 451 g/mol. The zero-order valence-corrected chi connectivity index (χ0v) is 18.4. The van der Waals surface area contributed by atoms with Crippen molar-refractivity contribution in [3.63, 3.8) is 0 Å². The molecule has 0 saturated heterocycles. The van der Waals surface area contributed by atoms with E-state index in [0.717, 1.165) is 33.4 Å². The Morgan fingerprint density at radius 2 is 1.74 bits per heavy atom. The van der Waals surface area contributed by atoms with Gasteiger partial charge in [-0.15, -0.1) is 0 Å². The van der Waals surface area contributed by atoms with E-state index in [1.807, 2.05) is 48.7 Å². The van der Waals surface area contributed by atoms with Crippen molar-refractivity contribution in [1.82, 2.24) is 9.99 Å². The van der Waals surface area contributed by atoms with E-state index in [1.165, 1.54) is 0 Å². The summed E-state index contributed by atoms with van der Waals surface area (Å²) in [6.45, 7) is 3.88. The predicted octanol–water partition coefficient (Wildman–Crippen LogP) is 6.02. The van der Waals surface area contributed by atoms with Crippen LogP contribution >= 0.6 is 23.2 Å². The summed E-state index contributed by atoms with van der Waals surface area (Å²) in [6, 6.07) is 17.9. The second-order valence-electron chi connectivity index (χ2n) is 7.17. The zero-order chi connectivity index (χ0) is 22.1. The molecule has 7 heteroatoms. The first-order valence-electron chi connectivity index (χ1n) is 9.54. The number of hydrazone groups is 1. The molecule has 4 rings (SSSR count). The summed E-state index contributed by atoms with van der Waals surface area (Å²) < 4.78 is 1.98. The number of carbonyl (C=O) groups is 1. The van der Waals surface area contributed by atoms with Crippen LogP contribution in [-0.2, 0) is 0 Å². The van der Waals surface area contributed by atoms with E-state index >= 15 is 0 Å². The summed E-state index contributed by atoms with van der Waals surface area (Å²) in [5.41, 5.74) is 6.07. The molecule has 0 saturated carbocycles. The van der Waals surface area contributed by atoms with Crippen molar-refractivity contribution in [3.8, 4) is 11.4 Å². The molecular formula is C24H19Cl2N3O2. The number of amides is 1. The summed E-state index contributed by atoms with van der Waals surface area (Å²) in [4.78, 5) is 12.5. The van der Waals surface area contributed by atoms with E-state index in [4.69, 9.17) is 23.2 Å². The van der Waals surface area contributed by atoms with Gasteiger partial charge in [0.25, 0.3) is 5.91 Å². The first-order chi connectivity index (χ1) is 14.8. The van der Waals surface area contributed by atoms with Crippen LogP contribution in [0.1, 0.15) is 27.3 Å². The van der Waals surface area contributed by atoms with Crippen molar-refractivity contribution in [3.05, 3.63) is 93.2 Å². The van der Waals surface area contributed by atoms with Crippen LogP contribution in [0.25, 0.3) is 16.5 Å². The van der Waals surface area contributed by atoms with Crippen LogP contribution in [-0.4, -0.2) is 21.8 Å².